The Morgan fingerprint density at radius 3 is 2.52 bits per heavy atom. The summed E-state index contributed by atoms with van der Waals surface area (Å²) in [7, 11) is 1.73. The molecule has 1 aliphatic heterocycles. The van der Waals surface area contributed by atoms with Crippen molar-refractivity contribution in [2.75, 3.05) is 39.9 Å². The van der Waals surface area contributed by atoms with Gasteiger partial charge < -0.3 is 19.9 Å². The van der Waals surface area contributed by atoms with Gasteiger partial charge in [0, 0.05) is 38.3 Å². The van der Waals surface area contributed by atoms with Crippen LogP contribution in [0.1, 0.15) is 17.3 Å². The van der Waals surface area contributed by atoms with E-state index in [1.54, 1.807) is 7.05 Å². The van der Waals surface area contributed by atoms with E-state index in [1.807, 2.05) is 48.5 Å². The maximum atomic E-state index is 13.4. The molecule has 2 N–H and O–H groups in total. The number of rotatable bonds is 7. The van der Waals surface area contributed by atoms with Gasteiger partial charge in [-0.2, -0.15) is 0 Å². The zero-order valence-corrected chi connectivity index (χ0v) is 20.9. The van der Waals surface area contributed by atoms with Crippen molar-refractivity contribution in [3.63, 3.8) is 0 Å². The minimum Gasteiger partial charge on any atom is -0.379 e. The van der Waals surface area contributed by atoms with Crippen molar-refractivity contribution in [2.45, 2.75) is 12.6 Å². The molecule has 3 aromatic rings. The Morgan fingerprint density at radius 2 is 1.82 bits per heavy atom. The van der Waals surface area contributed by atoms with Gasteiger partial charge in [-0.25, -0.2) is 4.39 Å². The molecule has 7 nitrogen and oxygen atoms in total. The van der Waals surface area contributed by atoms with E-state index >= 15 is 0 Å². The maximum absolute atomic E-state index is 13.4. The maximum Gasteiger partial charge on any atom is 0.191 e. The fraction of sp³-hybridized carbons (Fsp3) is 0.333. The molecule has 176 valence electrons. The van der Waals surface area contributed by atoms with E-state index in [1.165, 1.54) is 12.1 Å². The molecule has 0 aliphatic carbocycles. The van der Waals surface area contributed by atoms with Crippen LogP contribution >= 0.6 is 24.0 Å². The summed E-state index contributed by atoms with van der Waals surface area (Å²) < 4.78 is 24.4. The lowest BCUT2D eigenvalue weighted by Gasteiger charge is -2.35. The first-order chi connectivity index (χ1) is 15.7. The first-order valence-electron chi connectivity index (χ1n) is 10.8. The van der Waals surface area contributed by atoms with E-state index in [9.17, 15) is 4.39 Å². The lowest BCUT2D eigenvalue weighted by molar-refractivity contribution is 0.0170. The van der Waals surface area contributed by atoms with Crippen LogP contribution in [0.25, 0.3) is 11.3 Å². The van der Waals surface area contributed by atoms with Crippen LogP contribution in [0.3, 0.4) is 0 Å². The molecule has 1 fully saturated rings. The molecule has 1 aliphatic rings. The fourth-order valence-corrected chi connectivity index (χ4v) is 3.75. The minimum absolute atomic E-state index is 0. The van der Waals surface area contributed by atoms with Gasteiger partial charge >= 0.3 is 0 Å². The van der Waals surface area contributed by atoms with Gasteiger partial charge in [-0.15, -0.1) is 24.0 Å². The van der Waals surface area contributed by atoms with Gasteiger partial charge in [-0.3, -0.25) is 9.89 Å². The minimum atomic E-state index is -0.234. The van der Waals surface area contributed by atoms with Crippen LogP contribution in [0.15, 0.2) is 70.2 Å². The molecule has 33 heavy (non-hydrogen) atoms. The van der Waals surface area contributed by atoms with Crippen LogP contribution in [-0.4, -0.2) is 55.9 Å². The van der Waals surface area contributed by atoms with Crippen molar-refractivity contribution in [2.24, 2.45) is 4.99 Å². The Labute approximate surface area is 210 Å². The number of hydrogen-bond donors (Lipinski definition) is 2. The van der Waals surface area contributed by atoms with Crippen LogP contribution in [-0.2, 0) is 11.3 Å². The Hall–Kier alpha value is -2.50. The second-order valence-corrected chi connectivity index (χ2v) is 7.57. The van der Waals surface area contributed by atoms with Crippen molar-refractivity contribution in [3.05, 3.63) is 77.7 Å². The number of benzene rings is 2. The van der Waals surface area contributed by atoms with Gasteiger partial charge in [-0.1, -0.05) is 47.6 Å². The zero-order valence-electron chi connectivity index (χ0n) is 18.5. The molecule has 1 saturated heterocycles. The van der Waals surface area contributed by atoms with E-state index in [4.69, 9.17) is 9.26 Å². The quantitative estimate of drug-likeness (QED) is 0.258. The average molecular weight is 565 g/mol. The van der Waals surface area contributed by atoms with E-state index in [-0.39, 0.29) is 35.8 Å². The largest absolute Gasteiger partial charge is 0.379 e. The molecule has 1 atom stereocenters. The van der Waals surface area contributed by atoms with E-state index in [2.05, 4.69) is 25.7 Å². The summed E-state index contributed by atoms with van der Waals surface area (Å²) in [4.78, 5) is 6.67. The molecule has 1 aromatic heterocycles. The van der Waals surface area contributed by atoms with Gasteiger partial charge in [0.05, 0.1) is 25.8 Å². The summed E-state index contributed by atoms with van der Waals surface area (Å²) in [6.45, 7) is 4.16. The third kappa shape index (κ3) is 6.99. The molecule has 0 spiro atoms. The van der Waals surface area contributed by atoms with Crippen molar-refractivity contribution in [1.82, 2.24) is 20.7 Å². The van der Waals surface area contributed by atoms with Crippen LogP contribution in [0.2, 0.25) is 0 Å². The molecular weight excluding hydrogens is 536 g/mol. The molecule has 4 rings (SSSR count). The monoisotopic (exact) mass is 565 g/mol. The Bertz CT molecular complexity index is 1010. The molecule has 0 amide bonds. The number of nitrogens with one attached hydrogen (secondary N) is 2. The summed E-state index contributed by atoms with van der Waals surface area (Å²) in [6.07, 6.45) is 0. The Kier molecular flexibility index (Phi) is 9.64. The first kappa shape index (κ1) is 25.1. The molecule has 2 aromatic carbocycles. The Balaban J connectivity index is 0.00000306. The topological polar surface area (TPSA) is 74.9 Å². The standard InChI is InChI=1S/C24H28FN5O2.HI/c1-26-24(27-16-21-15-23(32-29-21)19-5-3-2-4-6-19)28-17-22(30-11-13-31-14-12-30)18-7-9-20(25)10-8-18;/h2-10,15,22H,11-14,16-17H2,1H3,(H2,26,27,28);1H. The summed E-state index contributed by atoms with van der Waals surface area (Å²) in [5.74, 6) is 1.16. The molecule has 1 unspecified atom stereocenters. The predicted molar refractivity (Wildman–Crippen MR) is 137 cm³/mol. The molecule has 0 bridgehead atoms. The lowest BCUT2D eigenvalue weighted by atomic mass is 10.0. The van der Waals surface area contributed by atoms with Crippen LogP contribution in [0.4, 0.5) is 4.39 Å². The highest BCUT2D eigenvalue weighted by molar-refractivity contribution is 14.0. The third-order valence-corrected chi connectivity index (χ3v) is 5.48. The average Bonchev–Trinajstić information content (AvgIpc) is 3.32. The molecular formula is C24H29FIN5O2. The van der Waals surface area contributed by atoms with Crippen molar-refractivity contribution < 1.29 is 13.7 Å². The number of aromatic nitrogens is 1. The summed E-state index contributed by atoms with van der Waals surface area (Å²) in [6, 6.07) is 18.6. The van der Waals surface area contributed by atoms with Gasteiger partial charge in [-0.05, 0) is 17.7 Å². The highest BCUT2D eigenvalue weighted by Gasteiger charge is 2.23. The van der Waals surface area contributed by atoms with Gasteiger partial charge in [0.1, 0.15) is 11.5 Å². The SMILES string of the molecule is CN=C(NCc1cc(-c2ccccc2)on1)NCC(c1ccc(F)cc1)N1CCOCC1.I. The predicted octanol–water partition coefficient (Wildman–Crippen LogP) is 3.84. The van der Waals surface area contributed by atoms with Crippen LogP contribution in [0, 0.1) is 5.82 Å². The van der Waals surface area contributed by atoms with Crippen LogP contribution in [0.5, 0.6) is 0 Å². The molecule has 0 radical (unpaired) electrons. The fourth-order valence-electron chi connectivity index (χ4n) is 3.75. The summed E-state index contributed by atoms with van der Waals surface area (Å²) >= 11 is 0. The van der Waals surface area contributed by atoms with Gasteiger partial charge in [0.15, 0.2) is 11.7 Å². The van der Waals surface area contributed by atoms with Crippen molar-refractivity contribution in [3.8, 4) is 11.3 Å². The normalized spacial score (nSPS) is 15.5. The summed E-state index contributed by atoms with van der Waals surface area (Å²) in [5, 5.41) is 10.8. The molecule has 9 heteroatoms. The lowest BCUT2D eigenvalue weighted by Crippen LogP contribution is -2.46. The zero-order chi connectivity index (χ0) is 22.2. The van der Waals surface area contributed by atoms with Gasteiger partial charge in [0.2, 0.25) is 0 Å². The van der Waals surface area contributed by atoms with Crippen molar-refractivity contribution >= 4 is 29.9 Å². The van der Waals surface area contributed by atoms with E-state index in [0.29, 0.717) is 32.3 Å². The second kappa shape index (κ2) is 12.7. The Morgan fingerprint density at radius 1 is 1.09 bits per heavy atom. The van der Waals surface area contributed by atoms with Gasteiger partial charge in [0.25, 0.3) is 0 Å². The first-order valence-corrected chi connectivity index (χ1v) is 10.8. The van der Waals surface area contributed by atoms with Crippen molar-refractivity contribution in [1.29, 1.82) is 0 Å². The number of halogens is 2. The number of nitrogens with zero attached hydrogens (tertiary/aromatic N) is 3. The summed E-state index contributed by atoms with van der Waals surface area (Å²) in [5.41, 5.74) is 2.83. The number of guanidine groups is 1. The van der Waals surface area contributed by atoms with E-state index < -0.39 is 0 Å². The number of aliphatic imine (C=N–C) groups is 1. The second-order valence-electron chi connectivity index (χ2n) is 7.57. The smallest absolute Gasteiger partial charge is 0.191 e. The number of hydrogen-bond acceptors (Lipinski definition) is 5. The third-order valence-electron chi connectivity index (χ3n) is 5.48. The van der Waals surface area contributed by atoms with Crippen LogP contribution < -0.4 is 10.6 Å². The van der Waals surface area contributed by atoms with E-state index in [0.717, 1.165) is 35.7 Å². The highest BCUT2D eigenvalue weighted by atomic mass is 127. The molecule has 2 heterocycles. The molecule has 0 saturated carbocycles. The highest BCUT2D eigenvalue weighted by Crippen LogP contribution is 2.22. The number of morpholine rings is 1. The number of ether oxygens (including phenoxy) is 1.